The number of ether oxygens (including phenoxy) is 1. The average molecular weight is 405 g/mol. The van der Waals surface area contributed by atoms with Gasteiger partial charge < -0.3 is 4.74 Å². The van der Waals surface area contributed by atoms with Crippen molar-refractivity contribution in [2.45, 2.75) is 3.74 Å². The largest absolute Gasteiger partial charge is 0.465 e. The van der Waals surface area contributed by atoms with Gasteiger partial charge in [-0.05, 0) is 33.6 Å². The van der Waals surface area contributed by atoms with E-state index in [9.17, 15) is 9.18 Å². The molecule has 1 rings (SSSR count). The highest BCUT2D eigenvalue weighted by Crippen LogP contribution is 2.34. The molecule has 0 aromatic heterocycles. The Morgan fingerprint density at radius 3 is 2.53 bits per heavy atom. The fraction of sp³-hybridized carbons (Fsp3) is 0.222. The van der Waals surface area contributed by atoms with Gasteiger partial charge in [-0.1, -0.05) is 31.9 Å². The van der Waals surface area contributed by atoms with Crippen molar-refractivity contribution >= 4 is 53.8 Å². The second-order valence-electron chi connectivity index (χ2n) is 2.65. The summed E-state index contributed by atoms with van der Waals surface area (Å²) < 4.78 is 17.8. The first-order valence-electron chi connectivity index (χ1n) is 3.82. The SMILES string of the molecule is COC(=O)c1cc(Br)c(F)cc1C(Br)Br. The third kappa shape index (κ3) is 3.01. The van der Waals surface area contributed by atoms with Gasteiger partial charge in [0.1, 0.15) is 5.82 Å². The molecule has 0 N–H and O–H groups in total. The van der Waals surface area contributed by atoms with E-state index in [1.807, 2.05) is 0 Å². The Morgan fingerprint density at radius 1 is 1.47 bits per heavy atom. The highest BCUT2D eigenvalue weighted by molar-refractivity contribution is 9.24. The van der Waals surface area contributed by atoms with Gasteiger partial charge in [-0.15, -0.1) is 0 Å². The van der Waals surface area contributed by atoms with Crippen LogP contribution in [-0.2, 0) is 4.74 Å². The molecule has 1 aromatic rings. The molecule has 6 heteroatoms. The van der Waals surface area contributed by atoms with Crippen molar-refractivity contribution in [2.75, 3.05) is 7.11 Å². The summed E-state index contributed by atoms with van der Waals surface area (Å²) in [6.07, 6.45) is 0. The monoisotopic (exact) mass is 402 g/mol. The minimum absolute atomic E-state index is 0.229. The number of methoxy groups -OCH3 is 1. The average Bonchev–Trinajstić information content (AvgIpc) is 2.20. The number of hydrogen-bond donors (Lipinski definition) is 0. The van der Waals surface area contributed by atoms with Gasteiger partial charge in [-0.25, -0.2) is 9.18 Å². The van der Waals surface area contributed by atoms with Crippen LogP contribution in [0.2, 0.25) is 0 Å². The number of esters is 1. The molecule has 0 unspecified atom stereocenters. The molecule has 0 atom stereocenters. The molecular formula is C9H6Br3FO2. The molecule has 0 spiro atoms. The van der Waals surface area contributed by atoms with E-state index in [0.29, 0.717) is 11.1 Å². The van der Waals surface area contributed by atoms with Gasteiger partial charge in [0.15, 0.2) is 0 Å². The number of benzene rings is 1. The van der Waals surface area contributed by atoms with Gasteiger partial charge in [-0.3, -0.25) is 0 Å². The molecule has 15 heavy (non-hydrogen) atoms. The van der Waals surface area contributed by atoms with Gasteiger partial charge >= 0.3 is 5.97 Å². The van der Waals surface area contributed by atoms with Crippen LogP contribution in [0.3, 0.4) is 0 Å². The van der Waals surface area contributed by atoms with E-state index >= 15 is 0 Å². The van der Waals surface area contributed by atoms with E-state index in [-0.39, 0.29) is 8.21 Å². The minimum atomic E-state index is -0.505. The Kier molecular flexibility index (Phi) is 4.73. The van der Waals surface area contributed by atoms with E-state index in [0.717, 1.165) is 0 Å². The fourth-order valence-corrected chi connectivity index (χ4v) is 2.13. The van der Waals surface area contributed by atoms with Gasteiger partial charge in [-0.2, -0.15) is 0 Å². The summed E-state index contributed by atoms with van der Waals surface area (Å²) >= 11 is 9.45. The Morgan fingerprint density at radius 2 is 2.07 bits per heavy atom. The van der Waals surface area contributed by atoms with Crippen molar-refractivity contribution in [3.8, 4) is 0 Å². The van der Waals surface area contributed by atoms with Crippen LogP contribution in [0.1, 0.15) is 19.7 Å². The van der Waals surface area contributed by atoms with Crippen molar-refractivity contribution in [3.05, 3.63) is 33.5 Å². The Bertz CT molecular complexity index is 393. The minimum Gasteiger partial charge on any atom is -0.465 e. The number of alkyl halides is 2. The van der Waals surface area contributed by atoms with E-state index < -0.39 is 11.8 Å². The lowest BCUT2D eigenvalue weighted by Gasteiger charge is -2.10. The quantitative estimate of drug-likeness (QED) is 0.546. The number of hydrogen-bond acceptors (Lipinski definition) is 2. The van der Waals surface area contributed by atoms with E-state index in [1.165, 1.54) is 19.2 Å². The highest BCUT2D eigenvalue weighted by Gasteiger charge is 2.18. The van der Waals surface area contributed by atoms with Crippen molar-refractivity contribution in [1.82, 2.24) is 0 Å². The normalized spacial score (nSPS) is 10.5. The Labute approximate surface area is 112 Å². The summed E-state index contributed by atoms with van der Waals surface area (Å²) in [6.45, 7) is 0. The molecule has 0 bridgehead atoms. The molecule has 1 aromatic carbocycles. The van der Waals surface area contributed by atoms with Gasteiger partial charge in [0.2, 0.25) is 0 Å². The van der Waals surface area contributed by atoms with Crippen molar-refractivity contribution < 1.29 is 13.9 Å². The molecule has 0 saturated heterocycles. The number of halogens is 4. The first-order valence-corrected chi connectivity index (χ1v) is 6.45. The van der Waals surface area contributed by atoms with Crippen LogP contribution in [-0.4, -0.2) is 13.1 Å². The van der Waals surface area contributed by atoms with Crippen LogP contribution in [0.5, 0.6) is 0 Å². The highest BCUT2D eigenvalue weighted by atomic mass is 79.9. The smallest absolute Gasteiger partial charge is 0.338 e. The van der Waals surface area contributed by atoms with Crippen LogP contribution in [0.15, 0.2) is 16.6 Å². The molecule has 0 aliphatic heterocycles. The van der Waals surface area contributed by atoms with Crippen LogP contribution < -0.4 is 0 Å². The zero-order valence-electron chi connectivity index (χ0n) is 7.56. The van der Waals surface area contributed by atoms with Crippen molar-refractivity contribution in [1.29, 1.82) is 0 Å². The van der Waals surface area contributed by atoms with Crippen molar-refractivity contribution in [2.24, 2.45) is 0 Å². The van der Waals surface area contributed by atoms with Crippen molar-refractivity contribution in [3.63, 3.8) is 0 Å². The third-order valence-corrected chi connectivity index (χ3v) is 3.33. The Hall–Kier alpha value is 0.0600. The first-order chi connectivity index (χ1) is 6.97. The number of rotatable bonds is 2. The lowest BCUT2D eigenvalue weighted by Crippen LogP contribution is -2.06. The van der Waals surface area contributed by atoms with E-state index in [2.05, 4.69) is 52.5 Å². The maximum atomic E-state index is 13.2. The third-order valence-electron chi connectivity index (χ3n) is 1.73. The molecule has 0 heterocycles. The molecular weight excluding hydrogens is 399 g/mol. The van der Waals surface area contributed by atoms with Crippen LogP contribution in [0, 0.1) is 5.82 Å². The summed E-state index contributed by atoms with van der Waals surface area (Å²) in [7, 11) is 1.28. The predicted molar refractivity (Wildman–Crippen MR) is 66.0 cm³/mol. The molecule has 0 saturated carbocycles. The van der Waals surface area contributed by atoms with Gasteiger partial charge in [0.25, 0.3) is 0 Å². The molecule has 2 nitrogen and oxygen atoms in total. The zero-order valence-corrected chi connectivity index (χ0v) is 12.3. The standard InChI is InChI=1S/C9H6Br3FO2/c1-15-9(14)5-2-6(10)7(13)3-4(5)8(11)12/h2-3,8H,1H3. The lowest BCUT2D eigenvalue weighted by molar-refractivity contribution is 0.0599. The summed E-state index contributed by atoms with van der Waals surface area (Å²) in [5.41, 5.74) is 0.798. The molecule has 0 radical (unpaired) electrons. The van der Waals surface area contributed by atoms with Gasteiger partial charge in [0.05, 0.1) is 20.9 Å². The molecule has 0 amide bonds. The molecule has 82 valence electrons. The fourth-order valence-electron chi connectivity index (χ4n) is 1.03. The molecule has 0 fully saturated rings. The Balaban J connectivity index is 3.34. The topological polar surface area (TPSA) is 26.3 Å². The maximum absolute atomic E-state index is 13.2. The second-order valence-corrected chi connectivity index (χ2v) is 6.56. The molecule has 0 aliphatic rings. The summed E-state index contributed by atoms with van der Waals surface area (Å²) in [4.78, 5) is 11.4. The van der Waals surface area contributed by atoms with Crippen LogP contribution in [0.4, 0.5) is 4.39 Å². The lowest BCUT2D eigenvalue weighted by atomic mass is 10.1. The summed E-state index contributed by atoms with van der Waals surface area (Å²) in [5, 5.41) is 0. The summed E-state index contributed by atoms with van der Waals surface area (Å²) in [6, 6.07) is 2.66. The second kappa shape index (κ2) is 5.41. The predicted octanol–water partition coefficient (Wildman–Crippen LogP) is 4.16. The zero-order chi connectivity index (χ0) is 11.6. The van der Waals surface area contributed by atoms with E-state index in [4.69, 9.17) is 0 Å². The molecule has 0 aliphatic carbocycles. The number of carbonyl (C=O) groups excluding carboxylic acids is 1. The number of carbonyl (C=O) groups is 1. The van der Waals surface area contributed by atoms with Gasteiger partial charge in [0, 0.05) is 0 Å². The first kappa shape index (κ1) is 13.1. The van der Waals surface area contributed by atoms with Crippen LogP contribution in [0.25, 0.3) is 0 Å². The summed E-state index contributed by atoms with van der Waals surface area (Å²) in [5.74, 6) is -0.934. The van der Waals surface area contributed by atoms with E-state index in [1.54, 1.807) is 0 Å². The van der Waals surface area contributed by atoms with Crippen LogP contribution >= 0.6 is 47.8 Å². The maximum Gasteiger partial charge on any atom is 0.338 e.